The van der Waals surface area contributed by atoms with Gasteiger partial charge in [0.25, 0.3) is 0 Å². The molecule has 0 unspecified atom stereocenters. The second kappa shape index (κ2) is 9.71. The van der Waals surface area contributed by atoms with Crippen molar-refractivity contribution < 1.29 is 13.2 Å². The van der Waals surface area contributed by atoms with E-state index in [9.17, 15) is 8.42 Å². The Labute approximate surface area is 196 Å². The van der Waals surface area contributed by atoms with Gasteiger partial charge in [-0.15, -0.1) is 0 Å². The minimum Gasteiger partial charge on any atom is -0.487 e. The van der Waals surface area contributed by atoms with E-state index in [1.165, 1.54) is 17.6 Å². The second-order valence-electron chi connectivity index (χ2n) is 7.95. The minimum atomic E-state index is -3.45. The predicted molar refractivity (Wildman–Crippen MR) is 136 cm³/mol. The number of thiocarbonyl (C=S) groups is 1. The summed E-state index contributed by atoms with van der Waals surface area (Å²) in [6.07, 6.45) is 1.17. The fourth-order valence-electron chi connectivity index (χ4n) is 3.17. The molecule has 0 atom stereocenters. The maximum Gasteiger partial charge on any atom is 0.232 e. The average Bonchev–Trinajstić information content (AvgIpc) is 2.74. The highest BCUT2D eigenvalue weighted by Crippen LogP contribution is 2.33. The molecule has 32 heavy (non-hydrogen) atoms. The second-order valence-corrected chi connectivity index (χ2v) is 10.4. The van der Waals surface area contributed by atoms with E-state index < -0.39 is 10.0 Å². The van der Waals surface area contributed by atoms with Crippen LogP contribution in [0.25, 0.3) is 0 Å². The van der Waals surface area contributed by atoms with Crippen LogP contribution >= 0.6 is 12.2 Å². The first-order chi connectivity index (χ1) is 15.0. The predicted octanol–water partition coefficient (Wildman–Crippen LogP) is 5.37. The van der Waals surface area contributed by atoms with Crippen LogP contribution in [0.1, 0.15) is 27.8 Å². The van der Waals surface area contributed by atoms with Gasteiger partial charge in [-0.05, 0) is 44.0 Å². The Kier molecular flexibility index (Phi) is 7.21. The van der Waals surface area contributed by atoms with Crippen molar-refractivity contribution in [2.24, 2.45) is 0 Å². The summed E-state index contributed by atoms with van der Waals surface area (Å²) in [6, 6.07) is 19.4. The number of sulfonamides is 1. The first-order valence-corrected chi connectivity index (χ1v) is 12.4. The maximum absolute atomic E-state index is 12.2. The van der Waals surface area contributed by atoms with Gasteiger partial charge < -0.3 is 10.1 Å². The third-order valence-corrected chi connectivity index (χ3v) is 6.79. The lowest BCUT2D eigenvalue weighted by Gasteiger charge is -2.22. The molecule has 168 valence electrons. The van der Waals surface area contributed by atoms with E-state index in [-0.39, 0.29) is 0 Å². The summed E-state index contributed by atoms with van der Waals surface area (Å²) in [5, 5.41) is 3.23. The normalized spacial score (nSPS) is 11.2. The molecule has 0 aliphatic rings. The number of rotatable bonds is 7. The van der Waals surface area contributed by atoms with Crippen LogP contribution in [-0.2, 0) is 16.6 Å². The fourth-order valence-corrected chi connectivity index (χ4v) is 3.93. The Morgan fingerprint density at radius 1 is 0.969 bits per heavy atom. The molecule has 0 saturated carbocycles. The van der Waals surface area contributed by atoms with Crippen molar-refractivity contribution in [3.05, 3.63) is 88.5 Å². The molecule has 0 spiro atoms. The highest BCUT2D eigenvalue weighted by atomic mass is 32.2. The number of nitrogens with one attached hydrogen (secondary N) is 1. The van der Waals surface area contributed by atoms with Gasteiger partial charge in [0.15, 0.2) is 0 Å². The molecule has 3 aromatic rings. The molecule has 0 fully saturated rings. The van der Waals surface area contributed by atoms with Gasteiger partial charge in [0, 0.05) is 24.4 Å². The van der Waals surface area contributed by atoms with Crippen LogP contribution < -0.4 is 14.4 Å². The quantitative estimate of drug-likeness (QED) is 0.472. The minimum absolute atomic E-state index is 0.323. The van der Waals surface area contributed by atoms with Crippen molar-refractivity contribution in [1.29, 1.82) is 0 Å². The molecule has 0 heterocycles. The van der Waals surface area contributed by atoms with Crippen molar-refractivity contribution in [2.45, 2.75) is 27.4 Å². The molecule has 0 radical (unpaired) electrons. The summed E-state index contributed by atoms with van der Waals surface area (Å²) in [6.45, 7) is 6.41. The molecule has 7 heteroatoms. The summed E-state index contributed by atoms with van der Waals surface area (Å²) in [7, 11) is -1.94. The molecule has 0 aliphatic heterocycles. The van der Waals surface area contributed by atoms with E-state index in [1.54, 1.807) is 18.2 Å². The van der Waals surface area contributed by atoms with Crippen LogP contribution in [0.15, 0.2) is 60.7 Å². The van der Waals surface area contributed by atoms with E-state index in [1.807, 2.05) is 45.0 Å². The Hall–Kier alpha value is -2.90. The summed E-state index contributed by atoms with van der Waals surface area (Å²) < 4.78 is 31.7. The fraction of sp³-hybridized carbons (Fsp3) is 0.240. The highest BCUT2D eigenvalue weighted by molar-refractivity contribution is 7.92. The van der Waals surface area contributed by atoms with Crippen molar-refractivity contribution in [1.82, 2.24) is 0 Å². The molecule has 0 amide bonds. The summed E-state index contributed by atoms with van der Waals surface area (Å²) in [5.41, 5.74) is 6.55. The van der Waals surface area contributed by atoms with E-state index in [0.717, 1.165) is 33.5 Å². The molecule has 1 N–H and O–H groups in total. The lowest BCUT2D eigenvalue weighted by molar-refractivity contribution is 0.306. The van der Waals surface area contributed by atoms with Crippen LogP contribution in [-0.4, -0.2) is 26.7 Å². The summed E-state index contributed by atoms with van der Waals surface area (Å²) in [5.74, 6) is 0.454. The number of nitrogens with zero attached hydrogens (tertiary/aromatic N) is 1. The number of ether oxygens (including phenoxy) is 1. The smallest absolute Gasteiger partial charge is 0.232 e. The van der Waals surface area contributed by atoms with Crippen molar-refractivity contribution in [2.75, 3.05) is 22.9 Å². The number of aryl methyl sites for hydroxylation is 3. The van der Waals surface area contributed by atoms with Gasteiger partial charge in [0.2, 0.25) is 10.0 Å². The number of benzene rings is 3. The van der Waals surface area contributed by atoms with Crippen LogP contribution in [0, 0.1) is 20.8 Å². The van der Waals surface area contributed by atoms with Crippen LogP contribution in [0.3, 0.4) is 0 Å². The molecule has 5 nitrogen and oxygen atoms in total. The Balaban J connectivity index is 1.91. The molecule has 0 aliphatic carbocycles. The highest BCUT2D eigenvalue weighted by Gasteiger charge is 2.18. The standard InChI is InChI=1S/C25H28N2O3S2/c1-17-7-10-20(11-8-17)25(31)26-22-12-13-23(27(4)32(5,28)29)24(15-22)30-16-21-14-18(2)6-9-19(21)3/h6-15H,16H2,1-5H3,(H,26,31). The molecule has 0 aromatic heterocycles. The summed E-state index contributed by atoms with van der Waals surface area (Å²) >= 11 is 5.55. The molecule has 0 saturated heterocycles. The van der Waals surface area contributed by atoms with E-state index in [0.29, 0.717) is 23.0 Å². The van der Waals surface area contributed by atoms with Gasteiger partial charge in [-0.3, -0.25) is 4.31 Å². The van der Waals surface area contributed by atoms with Gasteiger partial charge in [-0.1, -0.05) is 65.8 Å². The molecule has 3 aromatic carbocycles. The van der Waals surface area contributed by atoms with Crippen LogP contribution in [0.4, 0.5) is 11.4 Å². The molecule has 3 rings (SSSR count). The van der Waals surface area contributed by atoms with Crippen LogP contribution in [0.5, 0.6) is 5.75 Å². The van der Waals surface area contributed by atoms with Gasteiger partial charge in [0.1, 0.15) is 17.3 Å². The Bertz CT molecular complexity index is 1240. The SMILES string of the molecule is Cc1ccc(C(=S)Nc2ccc(N(C)S(C)(=O)=O)c(OCc3cc(C)ccc3C)c2)cc1. The van der Waals surface area contributed by atoms with Crippen molar-refractivity contribution in [3.8, 4) is 5.75 Å². The maximum atomic E-state index is 12.2. The average molecular weight is 469 g/mol. The van der Waals surface area contributed by atoms with Crippen molar-refractivity contribution in [3.63, 3.8) is 0 Å². The number of anilines is 2. The first-order valence-electron chi connectivity index (χ1n) is 10.2. The molecular weight excluding hydrogens is 440 g/mol. The zero-order chi connectivity index (χ0) is 23.5. The lowest BCUT2D eigenvalue weighted by Crippen LogP contribution is -2.25. The summed E-state index contributed by atoms with van der Waals surface area (Å²) in [4.78, 5) is 0.578. The third-order valence-electron chi connectivity index (χ3n) is 5.26. The van der Waals surface area contributed by atoms with Gasteiger partial charge >= 0.3 is 0 Å². The van der Waals surface area contributed by atoms with Gasteiger partial charge in [-0.2, -0.15) is 0 Å². The van der Waals surface area contributed by atoms with E-state index >= 15 is 0 Å². The number of hydrogen-bond donors (Lipinski definition) is 1. The Morgan fingerprint density at radius 3 is 2.28 bits per heavy atom. The lowest BCUT2D eigenvalue weighted by atomic mass is 10.1. The van der Waals surface area contributed by atoms with Crippen molar-refractivity contribution >= 4 is 38.6 Å². The van der Waals surface area contributed by atoms with E-state index in [2.05, 4.69) is 23.5 Å². The van der Waals surface area contributed by atoms with Crippen LogP contribution in [0.2, 0.25) is 0 Å². The van der Waals surface area contributed by atoms with Gasteiger partial charge in [0.05, 0.1) is 11.9 Å². The zero-order valence-corrected chi connectivity index (χ0v) is 20.6. The first kappa shape index (κ1) is 23.8. The third kappa shape index (κ3) is 5.87. The largest absolute Gasteiger partial charge is 0.487 e. The number of hydrogen-bond acceptors (Lipinski definition) is 4. The zero-order valence-electron chi connectivity index (χ0n) is 19.0. The molecular formula is C25H28N2O3S2. The Morgan fingerprint density at radius 2 is 1.62 bits per heavy atom. The molecule has 0 bridgehead atoms. The van der Waals surface area contributed by atoms with E-state index in [4.69, 9.17) is 17.0 Å². The topological polar surface area (TPSA) is 58.6 Å². The van der Waals surface area contributed by atoms with Gasteiger partial charge in [-0.25, -0.2) is 8.42 Å². The monoisotopic (exact) mass is 468 g/mol.